The molecule has 21 heavy (non-hydrogen) atoms. The van der Waals surface area contributed by atoms with Gasteiger partial charge in [-0.3, -0.25) is 9.69 Å². The van der Waals surface area contributed by atoms with E-state index in [4.69, 9.17) is 4.52 Å². The predicted octanol–water partition coefficient (Wildman–Crippen LogP) is 2.64. The summed E-state index contributed by atoms with van der Waals surface area (Å²) in [5.41, 5.74) is 1.75. The van der Waals surface area contributed by atoms with Crippen LogP contribution in [0.1, 0.15) is 19.0 Å². The number of aromatic nitrogens is 1. The number of likely N-dealkylation sites (tertiary alicyclic amines) is 1. The molecule has 5 nitrogen and oxygen atoms in total. The Morgan fingerprint density at radius 1 is 1.43 bits per heavy atom. The lowest BCUT2D eigenvalue weighted by Crippen LogP contribution is -2.38. The third-order valence-corrected chi connectivity index (χ3v) is 4.04. The normalized spacial score (nSPS) is 22.5. The first kappa shape index (κ1) is 13.8. The molecule has 1 fully saturated rings. The first-order valence-electron chi connectivity index (χ1n) is 7.13. The van der Waals surface area contributed by atoms with Crippen molar-refractivity contribution in [1.29, 1.82) is 0 Å². The van der Waals surface area contributed by atoms with Gasteiger partial charge in [-0.1, -0.05) is 42.4 Å². The quantitative estimate of drug-likeness (QED) is 0.936. The van der Waals surface area contributed by atoms with Crippen molar-refractivity contribution in [2.24, 2.45) is 5.92 Å². The third kappa shape index (κ3) is 2.83. The van der Waals surface area contributed by atoms with Crippen LogP contribution in [0.4, 0.5) is 0 Å². The average Bonchev–Trinajstić information content (AvgIpc) is 3.07. The summed E-state index contributed by atoms with van der Waals surface area (Å²) in [4.78, 5) is 13.3. The van der Waals surface area contributed by atoms with Gasteiger partial charge in [0.2, 0.25) is 0 Å². The number of carbonyl (C=O) groups is 1. The van der Waals surface area contributed by atoms with Crippen molar-refractivity contribution in [2.45, 2.75) is 25.9 Å². The molecule has 0 aliphatic carbocycles. The van der Waals surface area contributed by atoms with Crippen LogP contribution in [0, 0.1) is 5.92 Å². The molecule has 1 aliphatic rings. The summed E-state index contributed by atoms with van der Waals surface area (Å²) in [5, 5.41) is 13.4. The maximum Gasteiger partial charge on any atom is 0.321 e. The molecule has 2 unspecified atom stereocenters. The van der Waals surface area contributed by atoms with E-state index in [9.17, 15) is 9.90 Å². The van der Waals surface area contributed by atoms with E-state index >= 15 is 0 Å². The number of carboxylic acids is 1. The zero-order valence-corrected chi connectivity index (χ0v) is 11.9. The Balaban J connectivity index is 1.74. The first-order chi connectivity index (χ1) is 10.1. The molecule has 0 spiro atoms. The Hall–Kier alpha value is -2.14. The van der Waals surface area contributed by atoms with Crippen LogP contribution in [-0.4, -0.2) is 33.7 Å². The van der Waals surface area contributed by atoms with Crippen molar-refractivity contribution >= 4 is 5.97 Å². The summed E-state index contributed by atoms with van der Waals surface area (Å²) < 4.78 is 5.36. The standard InChI is InChI=1S/C16H18N2O3/c1-11-7-8-18(15(11)16(19)20)10-13-9-14(21-17-13)12-5-3-2-4-6-12/h2-6,9,11,15H,7-8,10H2,1H3,(H,19,20). The Morgan fingerprint density at radius 3 is 2.90 bits per heavy atom. The molecule has 110 valence electrons. The van der Waals surface area contributed by atoms with Crippen molar-refractivity contribution < 1.29 is 14.4 Å². The highest BCUT2D eigenvalue weighted by Gasteiger charge is 2.36. The van der Waals surface area contributed by atoms with Gasteiger partial charge in [0, 0.05) is 18.2 Å². The van der Waals surface area contributed by atoms with Crippen molar-refractivity contribution in [3.8, 4) is 11.3 Å². The topological polar surface area (TPSA) is 66.6 Å². The fourth-order valence-corrected chi connectivity index (χ4v) is 2.94. The summed E-state index contributed by atoms with van der Waals surface area (Å²) in [6, 6.07) is 11.2. The summed E-state index contributed by atoms with van der Waals surface area (Å²) in [6.07, 6.45) is 0.903. The van der Waals surface area contributed by atoms with Crippen molar-refractivity contribution in [3.63, 3.8) is 0 Å². The molecule has 1 aromatic carbocycles. The number of hydrogen-bond acceptors (Lipinski definition) is 4. The maximum absolute atomic E-state index is 11.4. The zero-order chi connectivity index (χ0) is 14.8. The first-order valence-corrected chi connectivity index (χ1v) is 7.13. The number of rotatable bonds is 4. The lowest BCUT2D eigenvalue weighted by atomic mass is 10.0. The van der Waals surface area contributed by atoms with E-state index in [1.54, 1.807) is 0 Å². The molecule has 1 aromatic heterocycles. The SMILES string of the molecule is CC1CCN(Cc2cc(-c3ccccc3)on2)C1C(=O)O. The van der Waals surface area contributed by atoms with Crippen LogP contribution in [0.3, 0.4) is 0 Å². The molecule has 0 radical (unpaired) electrons. The largest absolute Gasteiger partial charge is 0.480 e. The monoisotopic (exact) mass is 286 g/mol. The highest BCUT2D eigenvalue weighted by molar-refractivity contribution is 5.74. The van der Waals surface area contributed by atoms with Crippen LogP contribution in [0.5, 0.6) is 0 Å². The van der Waals surface area contributed by atoms with Gasteiger partial charge in [0.25, 0.3) is 0 Å². The molecule has 2 heterocycles. The number of carboxylic acid groups (broad SMARTS) is 1. The smallest absolute Gasteiger partial charge is 0.321 e. The fourth-order valence-electron chi connectivity index (χ4n) is 2.94. The molecule has 2 aromatic rings. The Morgan fingerprint density at radius 2 is 2.19 bits per heavy atom. The second-order valence-electron chi connectivity index (χ2n) is 5.57. The van der Waals surface area contributed by atoms with Crippen LogP contribution in [0.25, 0.3) is 11.3 Å². The Labute approximate surface area is 123 Å². The number of benzene rings is 1. The van der Waals surface area contributed by atoms with E-state index in [-0.39, 0.29) is 5.92 Å². The van der Waals surface area contributed by atoms with E-state index in [0.717, 1.165) is 24.2 Å². The van der Waals surface area contributed by atoms with Crippen LogP contribution >= 0.6 is 0 Å². The second-order valence-corrected chi connectivity index (χ2v) is 5.57. The summed E-state index contributed by atoms with van der Waals surface area (Å²) in [5.74, 6) is 0.125. The zero-order valence-electron chi connectivity index (χ0n) is 11.9. The van der Waals surface area contributed by atoms with E-state index in [2.05, 4.69) is 5.16 Å². The Bertz CT molecular complexity index is 623. The fraction of sp³-hybridized carbons (Fsp3) is 0.375. The predicted molar refractivity (Wildman–Crippen MR) is 77.6 cm³/mol. The average molecular weight is 286 g/mol. The van der Waals surface area contributed by atoms with Gasteiger partial charge in [0.15, 0.2) is 5.76 Å². The summed E-state index contributed by atoms with van der Waals surface area (Å²) in [6.45, 7) is 3.28. The number of aliphatic carboxylic acids is 1. The number of hydrogen-bond donors (Lipinski definition) is 1. The van der Waals surface area contributed by atoms with E-state index in [0.29, 0.717) is 12.3 Å². The molecule has 0 bridgehead atoms. The van der Waals surface area contributed by atoms with E-state index in [1.807, 2.05) is 48.2 Å². The van der Waals surface area contributed by atoms with Crippen LogP contribution in [-0.2, 0) is 11.3 Å². The van der Waals surface area contributed by atoms with Gasteiger partial charge in [-0.05, 0) is 18.9 Å². The van der Waals surface area contributed by atoms with Crippen LogP contribution in [0.15, 0.2) is 40.9 Å². The minimum absolute atomic E-state index is 0.169. The second kappa shape index (κ2) is 5.69. The molecule has 3 rings (SSSR count). The molecular formula is C16H18N2O3. The highest BCUT2D eigenvalue weighted by Crippen LogP contribution is 2.27. The number of nitrogens with zero attached hydrogens (tertiary/aromatic N) is 2. The van der Waals surface area contributed by atoms with Gasteiger partial charge < -0.3 is 9.63 Å². The summed E-state index contributed by atoms with van der Waals surface area (Å²) >= 11 is 0. The van der Waals surface area contributed by atoms with Crippen molar-refractivity contribution in [2.75, 3.05) is 6.54 Å². The molecular weight excluding hydrogens is 268 g/mol. The minimum atomic E-state index is -0.758. The molecule has 0 saturated carbocycles. The van der Waals surface area contributed by atoms with E-state index in [1.165, 1.54) is 0 Å². The third-order valence-electron chi connectivity index (χ3n) is 4.04. The minimum Gasteiger partial charge on any atom is -0.480 e. The van der Waals surface area contributed by atoms with Gasteiger partial charge in [-0.2, -0.15) is 0 Å². The lowest BCUT2D eigenvalue weighted by molar-refractivity contribution is -0.143. The molecule has 1 aliphatic heterocycles. The van der Waals surface area contributed by atoms with Crippen LogP contribution < -0.4 is 0 Å². The highest BCUT2D eigenvalue weighted by atomic mass is 16.5. The van der Waals surface area contributed by atoms with Gasteiger partial charge in [0.1, 0.15) is 6.04 Å². The Kier molecular flexibility index (Phi) is 3.75. The molecule has 1 saturated heterocycles. The van der Waals surface area contributed by atoms with Gasteiger partial charge in [-0.25, -0.2) is 0 Å². The van der Waals surface area contributed by atoms with E-state index < -0.39 is 12.0 Å². The summed E-state index contributed by atoms with van der Waals surface area (Å²) in [7, 11) is 0. The van der Waals surface area contributed by atoms with Crippen molar-refractivity contribution in [3.05, 3.63) is 42.1 Å². The van der Waals surface area contributed by atoms with Crippen LogP contribution in [0.2, 0.25) is 0 Å². The van der Waals surface area contributed by atoms with Gasteiger partial charge >= 0.3 is 5.97 Å². The lowest BCUT2D eigenvalue weighted by Gasteiger charge is -2.21. The van der Waals surface area contributed by atoms with Gasteiger partial charge in [0.05, 0.1) is 5.69 Å². The maximum atomic E-state index is 11.4. The molecule has 0 amide bonds. The van der Waals surface area contributed by atoms with Crippen molar-refractivity contribution in [1.82, 2.24) is 10.1 Å². The van der Waals surface area contributed by atoms with Gasteiger partial charge in [-0.15, -0.1) is 0 Å². The molecule has 2 atom stereocenters. The molecule has 5 heteroatoms. The molecule has 1 N–H and O–H groups in total.